The van der Waals surface area contributed by atoms with E-state index in [0.29, 0.717) is 11.8 Å². The molecule has 0 saturated heterocycles. The zero-order valence-corrected chi connectivity index (χ0v) is 11.7. The van der Waals surface area contributed by atoms with Gasteiger partial charge in [0.25, 0.3) is 0 Å². The number of carbonyl (C=O) groups is 1. The van der Waals surface area contributed by atoms with Gasteiger partial charge >= 0.3 is 12.1 Å². The highest BCUT2D eigenvalue weighted by Crippen LogP contribution is 2.37. The van der Waals surface area contributed by atoms with Gasteiger partial charge < -0.3 is 10.0 Å². The molecule has 1 N–H and O–H groups in total. The van der Waals surface area contributed by atoms with Gasteiger partial charge in [0.2, 0.25) is 0 Å². The first-order chi connectivity index (χ1) is 9.79. The topological polar surface area (TPSA) is 53.4 Å². The standard InChI is InChI=1S/C13H11F3N2O2S/c1-18(5-9-6-21-7-17-9)11-3-2-8(12(19)20)4-10(11)13(14,15)16/h2-4,6-7H,5H2,1H3,(H,19,20). The summed E-state index contributed by atoms with van der Waals surface area (Å²) < 4.78 is 39.3. The number of benzene rings is 1. The van der Waals surface area contributed by atoms with E-state index in [1.165, 1.54) is 29.4 Å². The Bertz CT molecular complexity index is 641. The molecule has 0 radical (unpaired) electrons. The van der Waals surface area contributed by atoms with Crippen molar-refractivity contribution in [2.45, 2.75) is 12.7 Å². The summed E-state index contributed by atoms with van der Waals surface area (Å²) in [6.07, 6.45) is -4.63. The Hall–Kier alpha value is -2.09. The van der Waals surface area contributed by atoms with Crippen LogP contribution in [0.2, 0.25) is 0 Å². The maximum absolute atomic E-state index is 13.1. The molecule has 1 aromatic heterocycles. The number of aromatic nitrogens is 1. The molecule has 0 aliphatic heterocycles. The average Bonchev–Trinajstić information content (AvgIpc) is 2.89. The molecule has 0 aliphatic rings. The van der Waals surface area contributed by atoms with E-state index < -0.39 is 23.3 Å². The van der Waals surface area contributed by atoms with E-state index in [4.69, 9.17) is 5.11 Å². The molecule has 0 fully saturated rings. The van der Waals surface area contributed by atoms with Gasteiger partial charge in [-0.2, -0.15) is 13.2 Å². The van der Waals surface area contributed by atoms with Crippen molar-refractivity contribution in [3.8, 4) is 0 Å². The van der Waals surface area contributed by atoms with E-state index in [9.17, 15) is 18.0 Å². The predicted octanol–water partition coefficient (Wildman–Crippen LogP) is 3.50. The van der Waals surface area contributed by atoms with Crippen LogP contribution in [0.4, 0.5) is 18.9 Å². The fraction of sp³-hybridized carbons (Fsp3) is 0.231. The molecule has 2 aromatic rings. The number of hydrogen-bond donors (Lipinski definition) is 1. The number of alkyl halides is 3. The molecule has 1 heterocycles. The van der Waals surface area contributed by atoms with Gasteiger partial charge in [0, 0.05) is 18.1 Å². The number of anilines is 1. The van der Waals surface area contributed by atoms with Gasteiger partial charge in [0.15, 0.2) is 0 Å². The summed E-state index contributed by atoms with van der Waals surface area (Å²) in [5.41, 5.74) is 0.799. The van der Waals surface area contributed by atoms with Crippen LogP contribution in [-0.4, -0.2) is 23.1 Å². The molecular weight excluding hydrogens is 305 g/mol. The minimum Gasteiger partial charge on any atom is -0.478 e. The van der Waals surface area contributed by atoms with Crippen molar-refractivity contribution in [1.29, 1.82) is 0 Å². The Labute approximate surface area is 122 Å². The van der Waals surface area contributed by atoms with Crippen LogP contribution in [0, 0.1) is 0 Å². The van der Waals surface area contributed by atoms with E-state index in [2.05, 4.69) is 4.98 Å². The monoisotopic (exact) mass is 316 g/mol. The van der Waals surface area contributed by atoms with Crippen molar-refractivity contribution < 1.29 is 23.1 Å². The summed E-state index contributed by atoms with van der Waals surface area (Å²) in [4.78, 5) is 16.2. The third-order valence-electron chi connectivity index (χ3n) is 2.84. The molecule has 1 aromatic carbocycles. The summed E-state index contributed by atoms with van der Waals surface area (Å²) in [6.45, 7) is 0.207. The number of aromatic carboxylic acids is 1. The Morgan fingerprint density at radius 3 is 2.67 bits per heavy atom. The SMILES string of the molecule is CN(Cc1cscn1)c1ccc(C(=O)O)cc1C(F)(F)F. The molecule has 21 heavy (non-hydrogen) atoms. The zero-order chi connectivity index (χ0) is 15.6. The summed E-state index contributed by atoms with van der Waals surface area (Å²) >= 11 is 1.36. The number of carboxylic acid groups (broad SMARTS) is 1. The molecule has 0 saturated carbocycles. The second-order valence-electron chi connectivity index (χ2n) is 4.37. The van der Waals surface area contributed by atoms with Crippen molar-refractivity contribution in [1.82, 2.24) is 4.98 Å². The first kappa shape index (κ1) is 15.3. The highest BCUT2D eigenvalue weighted by atomic mass is 32.1. The van der Waals surface area contributed by atoms with E-state index >= 15 is 0 Å². The van der Waals surface area contributed by atoms with E-state index in [1.54, 1.807) is 10.9 Å². The molecule has 8 heteroatoms. The Morgan fingerprint density at radius 2 is 2.14 bits per heavy atom. The van der Waals surface area contributed by atoms with Crippen LogP contribution in [0.15, 0.2) is 29.1 Å². The van der Waals surface area contributed by atoms with Gasteiger partial charge in [-0.1, -0.05) is 0 Å². The molecule has 0 amide bonds. The molecule has 0 bridgehead atoms. The number of halogens is 3. The van der Waals surface area contributed by atoms with Crippen LogP contribution in [-0.2, 0) is 12.7 Å². The lowest BCUT2D eigenvalue weighted by Crippen LogP contribution is -2.21. The van der Waals surface area contributed by atoms with E-state index in [1.807, 2.05) is 0 Å². The lowest BCUT2D eigenvalue weighted by molar-refractivity contribution is -0.137. The van der Waals surface area contributed by atoms with Crippen molar-refractivity contribution in [2.75, 3.05) is 11.9 Å². The number of carboxylic acids is 1. The summed E-state index contributed by atoms with van der Waals surface area (Å²) in [7, 11) is 1.50. The molecule has 112 valence electrons. The van der Waals surface area contributed by atoms with Gasteiger partial charge in [0.05, 0.1) is 28.9 Å². The van der Waals surface area contributed by atoms with Crippen LogP contribution < -0.4 is 4.90 Å². The molecular formula is C13H11F3N2O2S. The highest BCUT2D eigenvalue weighted by Gasteiger charge is 2.35. The second kappa shape index (κ2) is 5.72. The number of nitrogens with zero attached hydrogens (tertiary/aromatic N) is 2. The van der Waals surface area contributed by atoms with Gasteiger partial charge in [-0.3, -0.25) is 0 Å². The van der Waals surface area contributed by atoms with Crippen LogP contribution in [0.3, 0.4) is 0 Å². The summed E-state index contributed by atoms with van der Waals surface area (Å²) in [5, 5.41) is 10.6. The van der Waals surface area contributed by atoms with Gasteiger partial charge in [-0.15, -0.1) is 11.3 Å². The van der Waals surface area contributed by atoms with E-state index in [-0.39, 0.29) is 12.2 Å². The predicted molar refractivity (Wildman–Crippen MR) is 72.6 cm³/mol. The minimum absolute atomic E-state index is 0.0829. The van der Waals surface area contributed by atoms with Crippen molar-refractivity contribution >= 4 is 23.0 Å². The number of hydrogen-bond acceptors (Lipinski definition) is 4. The second-order valence-corrected chi connectivity index (χ2v) is 5.09. The average molecular weight is 316 g/mol. The fourth-order valence-electron chi connectivity index (χ4n) is 1.87. The van der Waals surface area contributed by atoms with Crippen molar-refractivity contribution in [3.05, 3.63) is 45.9 Å². The highest BCUT2D eigenvalue weighted by molar-refractivity contribution is 7.07. The summed E-state index contributed by atoms with van der Waals surface area (Å²) in [5.74, 6) is -1.39. The zero-order valence-electron chi connectivity index (χ0n) is 10.9. The quantitative estimate of drug-likeness (QED) is 0.938. The normalized spacial score (nSPS) is 11.4. The Balaban J connectivity index is 2.40. The largest absolute Gasteiger partial charge is 0.478 e. The van der Waals surface area contributed by atoms with Crippen LogP contribution in [0.1, 0.15) is 21.6 Å². The summed E-state index contributed by atoms with van der Waals surface area (Å²) in [6, 6.07) is 2.97. The van der Waals surface area contributed by atoms with Crippen molar-refractivity contribution in [3.63, 3.8) is 0 Å². The first-order valence-corrected chi connectivity index (χ1v) is 6.76. The molecule has 0 spiro atoms. The van der Waals surface area contributed by atoms with Crippen molar-refractivity contribution in [2.24, 2.45) is 0 Å². The van der Waals surface area contributed by atoms with Gasteiger partial charge in [-0.25, -0.2) is 9.78 Å². The molecule has 2 rings (SSSR count). The minimum atomic E-state index is -4.63. The Kier molecular flexibility index (Phi) is 4.17. The molecule has 0 unspecified atom stereocenters. The van der Waals surface area contributed by atoms with Crippen LogP contribution in [0.5, 0.6) is 0 Å². The van der Waals surface area contributed by atoms with Gasteiger partial charge in [0.1, 0.15) is 0 Å². The third kappa shape index (κ3) is 3.52. The lowest BCUT2D eigenvalue weighted by atomic mass is 10.1. The third-order valence-corrected chi connectivity index (χ3v) is 3.48. The van der Waals surface area contributed by atoms with E-state index in [0.717, 1.165) is 6.07 Å². The number of thiazole rings is 1. The van der Waals surface area contributed by atoms with Crippen LogP contribution >= 0.6 is 11.3 Å². The molecule has 4 nitrogen and oxygen atoms in total. The lowest BCUT2D eigenvalue weighted by Gasteiger charge is -2.23. The smallest absolute Gasteiger partial charge is 0.418 e. The molecule has 0 aliphatic carbocycles. The fourth-order valence-corrected chi connectivity index (χ4v) is 2.42. The maximum atomic E-state index is 13.1. The number of rotatable bonds is 4. The maximum Gasteiger partial charge on any atom is 0.418 e. The first-order valence-electron chi connectivity index (χ1n) is 5.82. The molecule has 0 atom stereocenters. The Morgan fingerprint density at radius 1 is 1.43 bits per heavy atom. The van der Waals surface area contributed by atoms with Crippen LogP contribution in [0.25, 0.3) is 0 Å². The van der Waals surface area contributed by atoms with Gasteiger partial charge in [-0.05, 0) is 18.2 Å².